The fourth-order valence-corrected chi connectivity index (χ4v) is 6.44. The molecule has 0 spiro atoms. The Hall–Kier alpha value is -2.46. The van der Waals surface area contributed by atoms with Crippen LogP contribution in [0.15, 0.2) is 31.4 Å². The van der Waals surface area contributed by atoms with E-state index in [1.165, 1.54) is 45.4 Å². The minimum Gasteiger partial charge on any atom is -0.545 e. The molecule has 2 heterocycles. The number of nitrogens with two attached hydrogens (primary N) is 1. The van der Waals surface area contributed by atoms with Gasteiger partial charge in [-0.2, -0.15) is 0 Å². The van der Waals surface area contributed by atoms with Gasteiger partial charge in [0.2, 0.25) is 12.3 Å². The number of amides is 2. The summed E-state index contributed by atoms with van der Waals surface area (Å²) in [6, 6.07) is 5.57. The number of rotatable bonds is 10. The predicted molar refractivity (Wildman–Crippen MR) is 173 cm³/mol. The number of hydrogen-bond donors (Lipinski definition) is 2. The Balaban J connectivity index is 0.00000214. The molecule has 2 amide bonds. The van der Waals surface area contributed by atoms with Gasteiger partial charge in [-0.05, 0) is 63.1 Å². The number of carbonyl (C=O) groups is 2. The number of aromatic nitrogens is 2. The van der Waals surface area contributed by atoms with Crippen LogP contribution in [-0.2, 0) is 39.4 Å². The Morgan fingerprint density at radius 2 is 1.86 bits per heavy atom. The number of halogens is 1. The molecule has 1 aliphatic carbocycles. The summed E-state index contributed by atoms with van der Waals surface area (Å²) in [5.74, 6) is 2.24. The van der Waals surface area contributed by atoms with Gasteiger partial charge in [-0.15, -0.1) is 13.2 Å². The van der Waals surface area contributed by atoms with E-state index in [2.05, 4.69) is 39.5 Å². The van der Waals surface area contributed by atoms with Crippen LogP contribution in [0.25, 0.3) is 11.0 Å². The van der Waals surface area contributed by atoms with Crippen molar-refractivity contribution in [2.75, 3.05) is 6.54 Å². The summed E-state index contributed by atoms with van der Waals surface area (Å²) in [6.07, 6.45) is 9.72. The molecule has 1 aromatic heterocycles. The first-order valence-corrected chi connectivity index (χ1v) is 15.6. The number of fused-ring (bicyclic) bond motifs is 1. The van der Waals surface area contributed by atoms with Gasteiger partial charge in [-0.1, -0.05) is 64.0 Å². The maximum absolute atomic E-state index is 12.6. The van der Waals surface area contributed by atoms with Gasteiger partial charge >= 0.3 is 0 Å². The van der Waals surface area contributed by atoms with Crippen LogP contribution in [0.5, 0.6) is 5.88 Å². The van der Waals surface area contributed by atoms with Gasteiger partial charge in [-0.3, -0.25) is 16.4 Å². The molecule has 4 rings (SSSR count). The van der Waals surface area contributed by atoms with E-state index in [9.17, 15) is 9.90 Å². The average Bonchev–Trinajstić information content (AvgIpc) is 3.56. The molecule has 2 aliphatic rings. The van der Waals surface area contributed by atoms with E-state index in [0.29, 0.717) is 23.0 Å². The normalized spacial score (nSPS) is 22.6. The zero-order valence-electron chi connectivity index (χ0n) is 26.7. The van der Waals surface area contributed by atoms with Gasteiger partial charge in [-0.25, -0.2) is 9.97 Å². The number of nitrogens with zero attached hydrogens (tertiary/aromatic N) is 3. The van der Waals surface area contributed by atoms with Crippen molar-refractivity contribution in [2.45, 2.75) is 104 Å². The summed E-state index contributed by atoms with van der Waals surface area (Å²) in [5.41, 5.74) is 6.58. The van der Waals surface area contributed by atoms with Crippen LogP contribution in [0.1, 0.15) is 84.8 Å². The molecule has 3 N–H and O–H groups in total. The first-order chi connectivity index (χ1) is 20.7. The molecule has 1 radical (unpaired) electrons. The van der Waals surface area contributed by atoms with Crippen LogP contribution in [-0.4, -0.2) is 63.9 Å². The minimum atomic E-state index is -1.02. The quantitative estimate of drug-likeness (QED) is 0.141. The number of aryl methyl sites for hydroxylation is 1. The van der Waals surface area contributed by atoms with Crippen molar-refractivity contribution in [3.05, 3.63) is 42.1 Å². The molecular weight excluding hydrogens is 619 g/mol. The zero-order valence-corrected chi connectivity index (χ0v) is 28.8. The number of unbranched alkanes of at least 4 members (excludes halogenated alkanes) is 2. The van der Waals surface area contributed by atoms with Gasteiger partial charge in [0.15, 0.2) is 0 Å². The molecule has 1 saturated carbocycles. The second-order valence-corrected chi connectivity index (χ2v) is 11.6. The number of aliphatic hydroxyl groups excluding tert-OH is 1. The van der Waals surface area contributed by atoms with Crippen molar-refractivity contribution in [3.63, 3.8) is 0 Å². The van der Waals surface area contributed by atoms with Crippen molar-refractivity contribution in [1.29, 1.82) is 0 Å². The van der Waals surface area contributed by atoms with Crippen molar-refractivity contribution in [1.82, 2.24) is 14.9 Å². The van der Waals surface area contributed by atoms with E-state index in [4.69, 9.17) is 35.9 Å². The van der Waals surface area contributed by atoms with Gasteiger partial charge in [0.1, 0.15) is 17.9 Å². The van der Waals surface area contributed by atoms with Crippen LogP contribution in [0.2, 0.25) is 5.02 Å². The van der Waals surface area contributed by atoms with Crippen LogP contribution in [0.3, 0.4) is 0 Å². The summed E-state index contributed by atoms with van der Waals surface area (Å²) >= 11 is 6.24. The van der Waals surface area contributed by atoms with Gasteiger partial charge in [0, 0.05) is 35.5 Å². The Morgan fingerprint density at radius 1 is 1.20 bits per heavy atom. The maximum Gasteiger partial charge on any atom is 0.251 e. The largest absolute Gasteiger partial charge is 0.545 e. The van der Waals surface area contributed by atoms with Crippen LogP contribution in [0, 0.1) is 17.8 Å². The molecule has 1 saturated heterocycles. The first kappa shape index (κ1) is 41.5. The number of carbonyl (C=O) groups excluding carboxylic acids is 3. The van der Waals surface area contributed by atoms with E-state index in [1.54, 1.807) is 4.90 Å². The number of benzene rings is 1. The molecule has 2 fully saturated rings. The van der Waals surface area contributed by atoms with E-state index in [1.807, 2.05) is 25.1 Å². The predicted octanol–water partition coefficient (Wildman–Crippen LogP) is 5.83. The van der Waals surface area contributed by atoms with Gasteiger partial charge in [0.05, 0.1) is 17.6 Å². The minimum absolute atomic E-state index is 0. The van der Waals surface area contributed by atoms with E-state index >= 15 is 0 Å². The number of likely N-dealkylation sites (tertiary alicyclic amines) is 1. The number of aliphatic hydroxyl groups is 1. The monoisotopic (exact) mass is 668 g/mol. The van der Waals surface area contributed by atoms with Crippen molar-refractivity contribution < 1.29 is 42.8 Å². The molecular formula is C33H50ClN4O5V-. The third-order valence-corrected chi connectivity index (χ3v) is 8.76. The fraction of sp³-hybridized carbons (Fsp3) is 0.606. The van der Waals surface area contributed by atoms with Crippen LogP contribution >= 0.6 is 11.6 Å². The molecule has 1 aromatic carbocycles. The third kappa shape index (κ3) is 11.8. The molecule has 6 atom stereocenters. The molecule has 11 heteroatoms. The third-order valence-electron chi connectivity index (χ3n) is 8.53. The summed E-state index contributed by atoms with van der Waals surface area (Å²) in [7, 11) is 0. The van der Waals surface area contributed by atoms with Crippen LogP contribution in [0.4, 0.5) is 0 Å². The first-order valence-electron chi connectivity index (χ1n) is 15.2. The van der Waals surface area contributed by atoms with Gasteiger partial charge in [0.25, 0.3) is 5.91 Å². The molecule has 2 aromatic rings. The molecule has 245 valence electrons. The number of ether oxygens (including phenoxy) is 1. The molecule has 9 nitrogen and oxygen atoms in total. The maximum atomic E-state index is 12.6. The second kappa shape index (κ2) is 22.1. The summed E-state index contributed by atoms with van der Waals surface area (Å²) < 4.78 is 6.55. The topological polar surface area (TPSA) is 136 Å². The number of primary amides is 1. The zero-order chi connectivity index (χ0) is 32.5. The summed E-state index contributed by atoms with van der Waals surface area (Å²) in [4.78, 5) is 40.5. The van der Waals surface area contributed by atoms with E-state index in [0.717, 1.165) is 42.3 Å². The molecule has 1 unspecified atom stereocenters. The summed E-state index contributed by atoms with van der Waals surface area (Å²) in [5, 5.41) is 10.5. The Morgan fingerprint density at radius 3 is 2.43 bits per heavy atom. The van der Waals surface area contributed by atoms with E-state index < -0.39 is 6.10 Å². The standard InChI is InChI=1S/C29H42ClN3O3.C2H4.CH3NO.CHO.V/c1-5-23-19(3)33(29(35)20(4)34)17-27(23)36-28-25(31-24-15-14-22(30)16-26(24)32-28)13-8-6-7-11-21-12-9-10-18(21)2;1-2;2-1-3;1-2;/h14-16,18-21,23,27,34H,5-13,17H2,1-4H3;1-2H2;1H,(H2,2,3);1H;/q;;;-1;/t18?,19-,20+,21+,23+,27+;;;;/m1..../s1. The SMILES string of the molecule is C=C.CC[C@@H]1[C@@H](Oc2nc3cc(Cl)ccc3nc2CCCCC[C@H]2CCCC2C)CN(C(=O)[C@H](C)O)[C@@H]1C.NC=O.[CH-]=O.[V]. The molecule has 1 aliphatic heterocycles. The Bertz CT molecular complexity index is 1140. The fourth-order valence-electron chi connectivity index (χ4n) is 6.27. The van der Waals surface area contributed by atoms with Crippen molar-refractivity contribution in [3.8, 4) is 5.88 Å². The second-order valence-electron chi connectivity index (χ2n) is 11.1. The van der Waals surface area contributed by atoms with Crippen LogP contribution < -0.4 is 10.5 Å². The average molecular weight is 669 g/mol. The van der Waals surface area contributed by atoms with Gasteiger partial charge < -0.3 is 25.3 Å². The Kier molecular flexibility index (Phi) is 20.9. The smallest absolute Gasteiger partial charge is 0.251 e. The van der Waals surface area contributed by atoms with Crippen molar-refractivity contribution in [2.24, 2.45) is 23.5 Å². The number of hydrogen-bond acceptors (Lipinski definition) is 7. The van der Waals surface area contributed by atoms with Crippen molar-refractivity contribution >= 4 is 41.7 Å². The molecule has 44 heavy (non-hydrogen) atoms. The molecule has 0 bridgehead atoms. The Labute approximate surface area is 280 Å². The summed E-state index contributed by atoms with van der Waals surface area (Å²) in [6.45, 7) is 17.8. The van der Waals surface area contributed by atoms with E-state index in [-0.39, 0.29) is 48.9 Å².